The SMILES string of the molecule is CCCCCCCCCCCCN(C)C.[NH3+][O-]. The Morgan fingerprint density at radius 1 is 0.706 bits per heavy atom. The van der Waals surface area contributed by atoms with Crippen molar-refractivity contribution in [1.82, 2.24) is 4.90 Å². The molecule has 0 aromatic heterocycles. The Balaban J connectivity index is 0. The van der Waals surface area contributed by atoms with Gasteiger partial charge < -0.3 is 16.0 Å². The first-order valence-electron chi connectivity index (χ1n) is 7.21. The second kappa shape index (κ2) is 18.3. The van der Waals surface area contributed by atoms with Gasteiger partial charge in [-0.15, -0.1) is 0 Å². The van der Waals surface area contributed by atoms with E-state index in [2.05, 4.69) is 25.9 Å². The number of quaternary nitrogens is 1. The van der Waals surface area contributed by atoms with Crippen molar-refractivity contribution in [3.63, 3.8) is 0 Å². The molecule has 0 aliphatic rings. The molecule has 0 amide bonds. The van der Waals surface area contributed by atoms with Gasteiger partial charge in [-0.05, 0) is 27.1 Å². The highest BCUT2D eigenvalue weighted by molar-refractivity contribution is 4.49. The molecule has 0 aliphatic heterocycles. The van der Waals surface area contributed by atoms with Crippen LogP contribution >= 0.6 is 0 Å². The molecule has 0 aromatic carbocycles. The Bertz CT molecular complexity index is 119. The Labute approximate surface area is 108 Å². The molecule has 0 aromatic rings. The number of hydrogen-bond acceptors (Lipinski definition) is 2. The van der Waals surface area contributed by atoms with Crippen molar-refractivity contribution >= 4 is 0 Å². The third kappa shape index (κ3) is 21.7. The van der Waals surface area contributed by atoms with E-state index < -0.39 is 0 Å². The maximum Gasteiger partial charge on any atom is -0.00248 e. The molecule has 106 valence electrons. The van der Waals surface area contributed by atoms with Crippen LogP contribution in [0.25, 0.3) is 0 Å². The van der Waals surface area contributed by atoms with Gasteiger partial charge in [-0.25, -0.2) is 0 Å². The van der Waals surface area contributed by atoms with Gasteiger partial charge in [-0.3, -0.25) is 0 Å². The maximum absolute atomic E-state index is 8.00. The van der Waals surface area contributed by atoms with Crippen LogP contribution in [0.3, 0.4) is 0 Å². The van der Waals surface area contributed by atoms with Crippen molar-refractivity contribution in [1.29, 1.82) is 0 Å². The zero-order valence-corrected chi connectivity index (χ0v) is 12.3. The third-order valence-corrected chi connectivity index (χ3v) is 2.96. The van der Waals surface area contributed by atoms with Crippen molar-refractivity contribution < 1.29 is 5.90 Å². The minimum atomic E-state index is 1.26. The summed E-state index contributed by atoms with van der Waals surface area (Å²) >= 11 is 0. The Morgan fingerprint density at radius 2 is 1.06 bits per heavy atom. The summed E-state index contributed by atoms with van der Waals surface area (Å²) in [5, 5.41) is 8.00. The summed E-state index contributed by atoms with van der Waals surface area (Å²) in [5.74, 6) is 2.00. The van der Waals surface area contributed by atoms with Crippen LogP contribution in [0, 0.1) is 5.21 Å². The molecule has 3 N–H and O–H groups in total. The molecule has 0 aliphatic carbocycles. The van der Waals surface area contributed by atoms with Crippen LogP contribution in [-0.2, 0) is 0 Å². The molecule has 0 spiro atoms. The van der Waals surface area contributed by atoms with Crippen LogP contribution < -0.4 is 5.90 Å². The first-order valence-corrected chi connectivity index (χ1v) is 7.21. The van der Waals surface area contributed by atoms with Gasteiger partial charge in [0.1, 0.15) is 0 Å². The third-order valence-electron chi connectivity index (χ3n) is 2.96. The molecule has 0 saturated carbocycles. The fourth-order valence-corrected chi connectivity index (χ4v) is 1.92. The second-order valence-corrected chi connectivity index (χ2v) is 4.99. The van der Waals surface area contributed by atoms with E-state index in [1.807, 2.05) is 5.90 Å². The summed E-state index contributed by atoms with van der Waals surface area (Å²) in [6.45, 7) is 3.54. The average Bonchev–Trinajstić information content (AvgIpc) is 2.34. The maximum atomic E-state index is 8.00. The van der Waals surface area contributed by atoms with E-state index in [9.17, 15) is 0 Å². The monoisotopic (exact) mass is 246 g/mol. The van der Waals surface area contributed by atoms with Gasteiger partial charge >= 0.3 is 0 Å². The molecule has 0 heterocycles. The quantitative estimate of drug-likeness (QED) is 0.449. The molecular formula is C14H34N2O. The lowest BCUT2D eigenvalue weighted by Crippen LogP contribution is -2.37. The fraction of sp³-hybridized carbons (Fsp3) is 1.00. The number of unbranched alkanes of at least 4 members (excludes halogenated alkanes) is 9. The largest absolute Gasteiger partial charge is 0.637 e. The predicted molar refractivity (Wildman–Crippen MR) is 76.7 cm³/mol. The van der Waals surface area contributed by atoms with Crippen LogP contribution in [0.2, 0.25) is 0 Å². The van der Waals surface area contributed by atoms with Crippen molar-refractivity contribution in [3.8, 4) is 0 Å². The van der Waals surface area contributed by atoms with Crippen molar-refractivity contribution in [2.45, 2.75) is 71.1 Å². The highest BCUT2D eigenvalue weighted by atomic mass is 16.4. The molecule has 3 heteroatoms. The summed E-state index contributed by atoms with van der Waals surface area (Å²) in [5.41, 5.74) is 0. The normalized spacial score (nSPS) is 10.2. The standard InChI is InChI=1S/C14H31N.H3NO/c1-4-5-6-7-8-9-10-11-12-13-14-15(2)3;1-2/h4-14H2,1-3H3;1H3. The summed E-state index contributed by atoms with van der Waals surface area (Å²) in [4.78, 5) is 2.28. The first kappa shape index (κ1) is 19.2. The molecule has 3 nitrogen and oxygen atoms in total. The summed E-state index contributed by atoms with van der Waals surface area (Å²) < 4.78 is 0. The highest BCUT2D eigenvalue weighted by Crippen LogP contribution is 2.10. The smallest absolute Gasteiger partial charge is 0.00248 e. The van der Waals surface area contributed by atoms with E-state index in [-0.39, 0.29) is 0 Å². The van der Waals surface area contributed by atoms with Gasteiger partial charge in [-0.1, -0.05) is 64.7 Å². The number of nitrogens with zero attached hydrogens (tertiary/aromatic N) is 1. The van der Waals surface area contributed by atoms with Crippen LogP contribution in [0.1, 0.15) is 71.1 Å². The second-order valence-electron chi connectivity index (χ2n) is 4.99. The first-order chi connectivity index (χ1) is 8.27. The summed E-state index contributed by atoms with van der Waals surface area (Å²) in [7, 11) is 4.32. The van der Waals surface area contributed by atoms with Gasteiger partial charge in [0, 0.05) is 0 Å². The molecule has 0 rings (SSSR count). The van der Waals surface area contributed by atoms with Crippen LogP contribution in [0.15, 0.2) is 0 Å². The van der Waals surface area contributed by atoms with E-state index in [0.29, 0.717) is 0 Å². The fourth-order valence-electron chi connectivity index (χ4n) is 1.92. The molecule has 0 fully saturated rings. The van der Waals surface area contributed by atoms with Crippen molar-refractivity contribution in [3.05, 3.63) is 5.21 Å². The lowest BCUT2D eigenvalue weighted by Gasteiger charge is -2.08. The summed E-state index contributed by atoms with van der Waals surface area (Å²) in [6.07, 6.45) is 14.4. The zero-order valence-electron chi connectivity index (χ0n) is 12.3. The van der Waals surface area contributed by atoms with Gasteiger partial charge in [0.15, 0.2) is 0 Å². The molecule has 0 unspecified atom stereocenters. The molecule has 17 heavy (non-hydrogen) atoms. The molecule has 0 radical (unpaired) electrons. The van der Waals surface area contributed by atoms with Gasteiger partial charge in [0.25, 0.3) is 0 Å². The number of rotatable bonds is 11. The van der Waals surface area contributed by atoms with Crippen LogP contribution in [0.4, 0.5) is 0 Å². The van der Waals surface area contributed by atoms with Crippen LogP contribution in [-0.4, -0.2) is 25.5 Å². The van der Waals surface area contributed by atoms with Gasteiger partial charge in [0.2, 0.25) is 0 Å². The lowest BCUT2D eigenvalue weighted by molar-refractivity contribution is -0.275. The van der Waals surface area contributed by atoms with E-state index in [0.717, 1.165) is 0 Å². The molecule has 0 atom stereocenters. The predicted octanol–water partition coefficient (Wildman–Crippen LogP) is 3.20. The summed E-state index contributed by atoms with van der Waals surface area (Å²) in [6, 6.07) is 0. The van der Waals surface area contributed by atoms with E-state index in [4.69, 9.17) is 5.21 Å². The average molecular weight is 246 g/mol. The zero-order chi connectivity index (χ0) is 13.4. The number of hydrogen-bond donors (Lipinski definition) is 1. The van der Waals surface area contributed by atoms with E-state index >= 15 is 0 Å². The Kier molecular flexibility index (Phi) is 20.6. The Hall–Kier alpha value is -0.120. The Morgan fingerprint density at radius 3 is 1.41 bits per heavy atom. The molecule has 0 bridgehead atoms. The van der Waals surface area contributed by atoms with E-state index in [1.165, 1.54) is 70.8 Å². The van der Waals surface area contributed by atoms with Crippen molar-refractivity contribution in [2.75, 3.05) is 20.6 Å². The minimum absolute atomic E-state index is 1.26. The van der Waals surface area contributed by atoms with Gasteiger partial charge in [-0.2, -0.15) is 0 Å². The lowest BCUT2D eigenvalue weighted by atomic mass is 10.1. The minimum Gasteiger partial charge on any atom is -0.637 e. The molecule has 0 saturated heterocycles. The van der Waals surface area contributed by atoms with Crippen molar-refractivity contribution in [2.24, 2.45) is 0 Å². The highest BCUT2D eigenvalue weighted by Gasteiger charge is 1.93. The van der Waals surface area contributed by atoms with Gasteiger partial charge in [0.05, 0.1) is 0 Å². The topological polar surface area (TPSA) is 53.9 Å². The van der Waals surface area contributed by atoms with Crippen LogP contribution in [0.5, 0.6) is 0 Å². The molecular weight excluding hydrogens is 212 g/mol. The van der Waals surface area contributed by atoms with E-state index in [1.54, 1.807) is 0 Å².